The zero-order valence-corrected chi connectivity index (χ0v) is 14.3. The highest BCUT2D eigenvalue weighted by atomic mass is 16.3. The number of nitrogens with zero attached hydrogens (tertiary/aromatic N) is 1. The number of carbonyl (C=O) groups excluding carboxylic acids is 2. The van der Waals surface area contributed by atoms with Crippen LogP contribution in [0.4, 0.5) is 0 Å². The van der Waals surface area contributed by atoms with Crippen LogP contribution in [0, 0.1) is 20.8 Å². The number of rotatable bonds is 3. The molecular weight excluding hydrogens is 318 g/mol. The van der Waals surface area contributed by atoms with Gasteiger partial charge in [-0.1, -0.05) is 18.2 Å². The van der Waals surface area contributed by atoms with E-state index in [9.17, 15) is 9.59 Å². The lowest BCUT2D eigenvalue weighted by Crippen LogP contribution is -2.41. The zero-order valence-electron chi connectivity index (χ0n) is 14.3. The minimum absolute atomic E-state index is 0.371. The van der Waals surface area contributed by atoms with Crippen molar-refractivity contribution < 1.29 is 14.0 Å². The number of aryl methyl sites for hydroxylation is 2. The number of para-hydroxylation sites is 1. The predicted octanol–water partition coefficient (Wildman–Crippen LogP) is 3.07. The van der Waals surface area contributed by atoms with Gasteiger partial charge in [0.25, 0.3) is 11.8 Å². The number of hydrogen-bond acceptors (Lipinski definition) is 3. The van der Waals surface area contributed by atoms with Crippen LogP contribution in [0.15, 0.2) is 53.1 Å². The molecule has 25 heavy (non-hydrogen) atoms. The van der Waals surface area contributed by atoms with Crippen LogP contribution in [0.3, 0.4) is 0 Å². The van der Waals surface area contributed by atoms with Crippen LogP contribution in [0.1, 0.15) is 37.9 Å². The number of nitrogens with one attached hydrogen (secondary N) is 2. The van der Waals surface area contributed by atoms with Crippen LogP contribution in [0.5, 0.6) is 0 Å². The summed E-state index contributed by atoms with van der Waals surface area (Å²) in [6.07, 6.45) is 1.43. The van der Waals surface area contributed by atoms with Gasteiger partial charge in [0.2, 0.25) is 0 Å². The van der Waals surface area contributed by atoms with Gasteiger partial charge in [-0.05, 0) is 45.0 Å². The van der Waals surface area contributed by atoms with Gasteiger partial charge in [-0.25, -0.2) is 0 Å². The minimum atomic E-state index is -0.420. The van der Waals surface area contributed by atoms with E-state index in [1.54, 1.807) is 19.1 Å². The fraction of sp³-hybridized carbons (Fsp3) is 0.158. The Morgan fingerprint density at radius 3 is 2.16 bits per heavy atom. The molecule has 0 fully saturated rings. The first-order valence-electron chi connectivity index (χ1n) is 7.88. The van der Waals surface area contributed by atoms with Crippen molar-refractivity contribution in [2.45, 2.75) is 20.8 Å². The van der Waals surface area contributed by atoms with Crippen LogP contribution >= 0.6 is 0 Å². The van der Waals surface area contributed by atoms with Crippen molar-refractivity contribution in [1.82, 2.24) is 15.4 Å². The highest BCUT2D eigenvalue weighted by Crippen LogP contribution is 2.20. The summed E-state index contributed by atoms with van der Waals surface area (Å²) in [4.78, 5) is 24.5. The van der Waals surface area contributed by atoms with Gasteiger partial charge in [0.15, 0.2) is 0 Å². The van der Waals surface area contributed by atoms with Crippen molar-refractivity contribution in [2.24, 2.45) is 0 Å². The maximum absolute atomic E-state index is 12.5. The van der Waals surface area contributed by atoms with E-state index in [1.807, 2.05) is 48.7 Å². The number of hydrazine groups is 1. The van der Waals surface area contributed by atoms with E-state index in [1.165, 1.54) is 6.26 Å². The van der Waals surface area contributed by atoms with Gasteiger partial charge >= 0.3 is 0 Å². The Morgan fingerprint density at radius 2 is 1.56 bits per heavy atom. The highest BCUT2D eigenvalue weighted by Gasteiger charge is 2.18. The number of benzene rings is 1. The molecule has 0 bridgehead atoms. The summed E-state index contributed by atoms with van der Waals surface area (Å²) in [5.74, 6) is -0.296. The molecule has 128 valence electrons. The summed E-state index contributed by atoms with van der Waals surface area (Å²) >= 11 is 0. The molecule has 0 atom stereocenters. The van der Waals surface area contributed by atoms with Crippen molar-refractivity contribution in [3.63, 3.8) is 0 Å². The first-order chi connectivity index (χ1) is 12.0. The normalized spacial score (nSPS) is 10.5. The van der Waals surface area contributed by atoms with Crippen LogP contribution in [0.25, 0.3) is 5.69 Å². The van der Waals surface area contributed by atoms with E-state index in [0.29, 0.717) is 16.9 Å². The Labute approximate surface area is 145 Å². The molecule has 2 N–H and O–H groups in total. The quantitative estimate of drug-likeness (QED) is 0.721. The minimum Gasteiger partial charge on any atom is -0.469 e. The molecule has 0 radical (unpaired) electrons. The summed E-state index contributed by atoms with van der Waals surface area (Å²) in [6.45, 7) is 5.49. The molecule has 3 rings (SSSR count). The van der Waals surface area contributed by atoms with Crippen molar-refractivity contribution in [3.05, 3.63) is 77.0 Å². The van der Waals surface area contributed by atoms with Gasteiger partial charge in [-0.15, -0.1) is 0 Å². The van der Waals surface area contributed by atoms with Crippen molar-refractivity contribution in [1.29, 1.82) is 0 Å². The van der Waals surface area contributed by atoms with Crippen molar-refractivity contribution >= 4 is 11.8 Å². The molecule has 6 nitrogen and oxygen atoms in total. The third-order valence-electron chi connectivity index (χ3n) is 4.08. The van der Waals surface area contributed by atoms with Gasteiger partial charge in [0, 0.05) is 17.1 Å². The molecule has 2 amide bonds. The maximum Gasteiger partial charge on any atom is 0.273 e. The second-order valence-corrected chi connectivity index (χ2v) is 5.75. The van der Waals surface area contributed by atoms with Gasteiger partial charge in [-0.3, -0.25) is 20.4 Å². The van der Waals surface area contributed by atoms with Crippen LogP contribution in [-0.4, -0.2) is 16.4 Å². The molecule has 0 aliphatic heterocycles. The van der Waals surface area contributed by atoms with E-state index in [4.69, 9.17) is 4.42 Å². The molecular formula is C19H19N3O3. The standard InChI is InChI=1S/C19H19N3O3/c1-12-11-17(13(2)22(12)15-7-5-4-6-8-15)19(24)21-20-18(23)16-9-10-25-14(16)3/h4-11H,1-3H3,(H,20,23)(H,21,24). The predicted molar refractivity (Wildman–Crippen MR) is 93.6 cm³/mol. The lowest BCUT2D eigenvalue weighted by molar-refractivity contribution is 0.0845. The fourth-order valence-electron chi connectivity index (χ4n) is 2.84. The summed E-state index contributed by atoms with van der Waals surface area (Å²) in [5.41, 5.74) is 8.47. The van der Waals surface area contributed by atoms with Crippen LogP contribution < -0.4 is 10.9 Å². The van der Waals surface area contributed by atoms with Gasteiger partial charge in [0.05, 0.1) is 17.4 Å². The first-order valence-corrected chi connectivity index (χ1v) is 7.88. The molecule has 2 aromatic heterocycles. The average molecular weight is 337 g/mol. The monoisotopic (exact) mass is 337 g/mol. The molecule has 2 heterocycles. The Bertz CT molecular complexity index is 923. The molecule has 0 unspecified atom stereocenters. The van der Waals surface area contributed by atoms with E-state index < -0.39 is 5.91 Å². The van der Waals surface area contributed by atoms with Gasteiger partial charge in [-0.2, -0.15) is 0 Å². The van der Waals surface area contributed by atoms with E-state index in [0.717, 1.165) is 17.1 Å². The second kappa shape index (κ2) is 6.68. The molecule has 0 aliphatic carbocycles. The fourth-order valence-corrected chi connectivity index (χ4v) is 2.84. The Morgan fingerprint density at radius 1 is 0.920 bits per heavy atom. The van der Waals surface area contributed by atoms with Crippen molar-refractivity contribution in [2.75, 3.05) is 0 Å². The number of amides is 2. The lowest BCUT2D eigenvalue weighted by Gasteiger charge is -2.10. The van der Waals surface area contributed by atoms with Gasteiger partial charge < -0.3 is 8.98 Å². The summed E-state index contributed by atoms with van der Waals surface area (Å²) in [7, 11) is 0. The smallest absolute Gasteiger partial charge is 0.273 e. The summed E-state index contributed by atoms with van der Waals surface area (Å²) in [6, 6.07) is 13.1. The lowest BCUT2D eigenvalue weighted by atomic mass is 10.2. The SMILES string of the molecule is Cc1occc1C(=O)NNC(=O)c1cc(C)n(-c2ccccc2)c1C. The zero-order chi connectivity index (χ0) is 18.0. The molecule has 0 saturated carbocycles. The van der Waals surface area contributed by atoms with Crippen molar-refractivity contribution in [3.8, 4) is 5.69 Å². The number of furan rings is 1. The Balaban J connectivity index is 1.77. The molecule has 1 aromatic carbocycles. The largest absolute Gasteiger partial charge is 0.469 e. The van der Waals surface area contributed by atoms with E-state index in [2.05, 4.69) is 10.9 Å². The molecule has 0 saturated heterocycles. The number of aromatic nitrogens is 1. The molecule has 3 aromatic rings. The first kappa shape index (κ1) is 16.6. The van der Waals surface area contributed by atoms with Gasteiger partial charge in [0.1, 0.15) is 5.76 Å². The third-order valence-corrected chi connectivity index (χ3v) is 4.08. The maximum atomic E-state index is 12.5. The molecule has 0 aliphatic rings. The average Bonchev–Trinajstić information content (AvgIpc) is 3.16. The number of hydrogen-bond donors (Lipinski definition) is 2. The molecule has 0 spiro atoms. The molecule has 6 heteroatoms. The summed E-state index contributed by atoms with van der Waals surface area (Å²) in [5, 5.41) is 0. The van der Waals surface area contributed by atoms with Crippen LogP contribution in [-0.2, 0) is 0 Å². The Hall–Kier alpha value is -3.28. The highest BCUT2D eigenvalue weighted by molar-refractivity contribution is 6.00. The topological polar surface area (TPSA) is 76.3 Å². The Kier molecular flexibility index (Phi) is 4.43. The summed E-state index contributed by atoms with van der Waals surface area (Å²) < 4.78 is 7.08. The van der Waals surface area contributed by atoms with E-state index in [-0.39, 0.29) is 5.91 Å². The van der Waals surface area contributed by atoms with Crippen LogP contribution in [0.2, 0.25) is 0 Å². The second-order valence-electron chi connectivity index (χ2n) is 5.75. The number of carbonyl (C=O) groups is 2. The van der Waals surface area contributed by atoms with E-state index >= 15 is 0 Å². The third kappa shape index (κ3) is 3.19.